The smallest absolute Gasteiger partial charge is 0.200 e. The van der Waals surface area contributed by atoms with E-state index >= 15 is 0 Å². The Morgan fingerprint density at radius 2 is 1.26 bits per heavy atom. The van der Waals surface area contributed by atoms with E-state index in [1.165, 1.54) is 0 Å². The Balaban J connectivity index is 1.23. The van der Waals surface area contributed by atoms with Gasteiger partial charge in [-0.05, 0) is 66.4 Å². The molecule has 0 radical (unpaired) electrons. The maximum Gasteiger partial charge on any atom is 0.200 e. The van der Waals surface area contributed by atoms with Gasteiger partial charge in [0.15, 0.2) is 5.11 Å². The lowest BCUT2D eigenvalue weighted by Gasteiger charge is -2.10. The highest BCUT2D eigenvalue weighted by atomic mass is 32.1. The van der Waals surface area contributed by atoms with Crippen LogP contribution in [-0.4, -0.2) is 40.2 Å². The molecule has 0 saturated heterocycles. The molecule has 0 bridgehead atoms. The first-order valence-electron chi connectivity index (χ1n) is 9.48. The van der Waals surface area contributed by atoms with E-state index in [0.29, 0.717) is 16.8 Å². The van der Waals surface area contributed by atoms with Gasteiger partial charge in [0.1, 0.15) is 11.0 Å². The van der Waals surface area contributed by atoms with Crippen molar-refractivity contribution >= 4 is 62.4 Å². The highest BCUT2D eigenvalue weighted by molar-refractivity contribution is 7.80. The van der Waals surface area contributed by atoms with E-state index in [1.807, 2.05) is 72.8 Å². The van der Waals surface area contributed by atoms with Gasteiger partial charge in [0, 0.05) is 12.2 Å². The highest BCUT2D eigenvalue weighted by Gasteiger charge is 2.09. The number of thiocarbonyl (C=S) groups is 2. The third kappa shape index (κ3) is 3.86. The van der Waals surface area contributed by atoms with Crippen LogP contribution in [0.15, 0.2) is 72.8 Å². The van der Waals surface area contributed by atoms with Gasteiger partial charge >= 0.3 is 0 Å². The molecule has 3 aromatic carbocycles. The number of benzene rings is 3. The predicted octanol–water partition coefficient (Wildman–Crippen LogP) is 3.34. The van der Waals surface area contributed by atoms with Crippen LogP contribution in [0.5, 0.6) is 0 Å². The highest BCUT2D eigenvalue weighted by Crippen LogP contribution is 2.14. The van der Waals surface area contributed by atoms with Crippen molar-refractivity contribution in [2.75, 3.05) is 5.32 Å². The molecule has 5 rings (SSSR count). The average molecular weight is 445 g/mol. The van der Waals surface area contributed by atoms with E-state index in [4.69, 9.17) is 24.4 Å². The third-order valence-electron chi connectivity index (χ3n) is 4.74. The minimum absolute atomic E-state index is 0.457. The molecule has 8 nitrogen and oxygen atoms in total. The van der Waals surface area contributed by atoms with Crippen LogP contribution < -0.4 is 10.6 Å². The first-order valence-corrected chi connectivity index (χ1v) is 10.3. The normalized spacial score (nSPS) is 11.0. The lowest BCUT2D eigenvalue weighted by molar-refractivity contribution is 0.808. The molecular weight excluding hydrogens is 428 g/mol. The van der Waals surface area contributed by atoms with Gasteiger partial charge in [-0.25, -0.2) is 0 Å². The second kappa shape index (κ2) is 8.17. The molecule has 0 saturated carbocycles. The summed E-state index contributed by atoms with van der Waals surface area (Å²) in [6.45, 7) is 0.561. The summed E-state index contributed by atoms with van der Waals surface area (Å²) in [5.74, 6) is 0. The second-order valence-corrected chi connectivity index (χ2v) is 7.54. The molecule has 0 aliphatic heterocycles. The summed E-state index contributed by atoms with van der Waals surface area (Å²) in [5.41, 5.74) is 5.25. The van der Waals surface area contributed by atoms with Crippen molar-refractivity contribution in [1.29, 1.82) is 0 Å². The molecule has 2 heterocycles. The molecular formula is C21H16N8S2. The van der Waals surface area contributed by atoms with Crippen molar-refractivity contribution < 1.29 is 0 Å². The van der Waals surface area contributed by atoms with Gasteiger partial charge in [-0.15, -0.1) is 10.2 Å². The van der Waals surface area contributed by atoms with E-state index in [2.05, 4.69) is 31.3 Å². The van der Waals surface area contributed by atoms with Gasteiger partial charge in [-0.3, -0.25) is 0 Å². The monoisotopic (exact) mass is 444 g/mol. The summed E-state index contributed by atoms with van der Waals surface area (Å²) in [6, 6.07) is 23.3. The van der Waals surface area contributed by atoms with Crippen LogP contribution in [0, 0.1) is 0 Å². The molecule has 0 aliphatic rings. The molecule has 0 unspecified atom stereocenters. The fourth-order valence-electron chi connectivity index (χ4n) is 3.17. The number of nitrogens with zero attached hydrogens (tertiary/aromatic N) is 6. The van der Waals surface area contributed by atoms with E-state index in [1.54, 1.807) is 9.36 Å². The van der Waals surface area contributed by atoms with Crippen LogP contribution >= 0.6 is 24.4 Å². The lowest BCUT2D eigenvalue weighted by Crippen LogP contribution is -2.28. The molecule has 152 valence electrons. The van der Waals surface area contributed by atoms with E-state index in [-0.39, 0.29) is 0 Å². The Morgan fingerprint density at radius 3 is 1.87 bits per heavy atom. The van der Waals surface area contributed by atoms with Crippen molar-refractivity contribution in [2.45, 2.75) is 6.54 Å². The molecule has 0 atom stereocenters. The Morgan fingerprint density at radius 1 is 0.710 bits per heavy atom. The van der Waals surface area contributed by atoms with E-state index < -0.39 is 0 Å². The van der Waals surface area contributed by atoms with Crippen molar-refractivity contribution in [1.82, 2.24) is 35.3 Å². The van der Waals surface area contributed by atoms with Gasteiger partial charge in [-0.1, -0.05) is 46.8 Å². The predicted molar refractivity (Wildman–Crippen MR) is 128 cm³/mol. The molecule has 2 aromatic heterocycles. The van der Waals surface area contributed by atoms with Gasteiger partial charge in [0.2, 0.25) is 5.11 Å². The van der Waals surface area contributed by atoms with Gasteiger partial charge in [0.05, 0.1) is 11.0 Å². The fraction of sp³-hybridized carbons (Fsp3) is 0.0476. The topological polar surface area (TPSA) is 85.5 Å². The maximum atomic E-state index is 5.49. The number of anilines is 1. The summed E-state index contributed by atoms with van der Waals surface area (Å²) in [5, 5.41) is 23.9. The van der Waals surface area contributed by atoms with Crippen molar-refractivity contribution in [2.24, 2.45) is 0 Å². The number of hydrogen-bond donors (Lipinski definition) is 2. The fourth-order valence-corrected chi connectivity index (χ4v) is 3.63. The summed E-state index contributed by atoms with van der Waals surface area (Å²) >= 11 is 11.0. The number of para-hydroxylation sites is 2. The SMILES string of the molecule is S=C(NCc1ccc(NC(=S)n2nnc3ccccc32)cc1)n1nnc2ccccc21. The Hall–Kier alpha value is -3.76. The zero-order valence-electron chi connectivity index (χ0n) is 16.1. The Labute approximate surface area is 187 Å². The number of aromatic nitrogens is 6. The molecule has 0 spiro atoms. The largest absolute Gasteiger partial charge is 0.357 e. The summed E-state index contributed by atoms with van der Waals surface area (Å²) in [6.07, 6.45) is 0. The Kier molecular flexibility index (Phi) is 5.06. The van der Waals surface area contributed by atoms with E-state index in [0.717, 1.165) is 33.3 Å². The second-order valence-electron chi connectivity index (χ2n) is 6.77. The third-order valence-corrected chi connectivity index (χ3v) is 5.33. The number of hydrogen-bond acceptors (Lipinski definition) is 6. The zero-order chi connectivity index (χ0) is 21.2. The summed E-state index contributed by atoms with van der Waals surface area (Å²) < 4.78 is 3.24. The minimum atomic E-state index is 0.457. The number of rotatable bonds is 3. The molecule has 5 aromatic rings. The molecule has 31 heavy (non-hydrogen) atoms. The standard InChI is InChI=1S/C21H16N8S2/c30-20(28-18-7-3-1-5-16(18)24-26-28)22-13-14-9-11-15(12-10-14)23-21(31)29-19-8-4-2-6-17(19)25-27-29/h1-12H,13H2,(H,22,30)(H,23,31). The minimum Gasteiger partial charge on any atom is -0.357 e. The number of fused-ring (bicyclic) bond motifs is 2. The summed E-state index contributed by atoms with van der Waals surface area (Å²) in [4.78, 5) is 0. The molecule has 0 amide bonds. The van der Waals surface area contributed by atoms with Crippen LogP contribution in [0.25, 0.3) is 22.1 Å². The quantitative estimate of drug-likeness (QED) is 0.410. The van der Waals surface area contributed by atoms with Crippen LogP contribution in [-0.2, 0) is 6.54 Å². The van der Waals surface area contributed by atoms with Crippen molar-refractivity contribution in [3.63, 3.8) is 0 Å². The summed E-state index contributed by atoms with van der Waals surface area (Å²) in [7, 11) is 0. The number of nitrogens with one attached hydrogen (secondary N) is 2. The van der Waals surface area contributed by atoms with Gasteiger partial charge < -0.3 is 10.6 Å². The first-order chi connectivity index (χ1) is 15.2. The van der Waals surface area contributed by atoms with Crippen LogP contribution in [0.4, 0.5) is 5.69 Å². The molecule has 0 aliphatic carbocycles. The van der Waals surface area contributed by atoms with E-state index in [9.17, 15) is 0 Å². The van der Waals surface area contributed by atoms with Crippen LogP contribution in [0.1, 0.15) is 5.56 Å². The maximum absolute atomic E-state index is 5.49. The first kappa shape index (κ1) is 19.2. The Bertz CT molecular complexity index is 1400. The lowest BCUT2D eigenvalue weighted by atomic mass is 10.2. The average Bonchev–Trinajstić information content (AvgIpc) is 3.43. The van der Waals surface area contributed by atoms with Crippen molar-refractivity contribution in [3.8, 4) is 0 Å². The van der Waals surface area contributed by atoms with Crippen LogP contribution in [0.3, 0.4) is 0 Å². The van der Waals surface area contributed by atoms with Crippen molar-refractivity contribution in [3.05, 3.63) is 78.4 Å². The van der Waals surface area contributed by atoms with Gasteiger partial charge in [-0.2, -0.15) is 9.36 Å². The molecule has 0 fully saturated rings. The zero-order valence-corrected chi connectivity index (χ0v) is 17.8. The molecule has 2 N–H and O–H groups in total. The molecule has 10 heteroatoms. The van der Waals surface area contributed by atoms with Gasteiger partial charge in [0.25, 0.3) is 0 Å². The van der Waals surface area contributed by atoms with Crippen LogP contribution in [0.2, 0.25) is 0 Å².